The fraction of sp³-hybridized carbons (Fsp3) is 0.238. The van der Waals surface area contributed by atoms with E-state index in [1.165, 1.54) is 0 Å². The number of hydrogen-bond donors (Lipinski definition) is 1. The van der Waals surface area contributed by atoms with Crippen LogP contribution in [-0.4, -0.2) is 30.3 Å². The summed E-state index contributed by atoms with van der Waals surface area (Å²) in [6, 6.07) is 13.8. The number of benzene rings is 1. The van der Waals surface area contributed by atoms with Crippen molar-refractivity contribution >= 4 is 11.6 Å². The Labute approximate surface area is 162 Å². The van der Waals surface area contributed by atoms with Gasteiger partial charge in [0.2, 0.25) is 0 Å². The van der Waals surface area contributed by atoms with Gasteiger partial charge in [-0.25, -0.2) is 4.68 Å². The number of para-hydroxylation sites is 1. The van der Waals surface area contributed by atoms with E-state index in [9.17, 15) is 4.79 Å². The van der Waals surface area contributed by atoms with E-state index in [0.717, 1.165) is 47.4 Å². The van der Waals surface area contributed by atoms with Crippen molar-refractivity contribution < 1.29 is 4.79 Å². The van der Waals surface area contributed by atoms with Gasteiger partial charge >= 0.3 is 0 Å². The van der Waals surface area contributed by atoms with E-state index in [-0.39, 0.29) is 5.91 Å². The molecule has 4 aromatic rings. The molecule has 1 amide bonds. The minimum absolute atomic E-state index is 0.168. The Morgan fingerprint density at radius 1 is 1.11 bits per heavy atom. The smallest absolute Gasteiger partial charge is 0.272 e. The maximum Gasteiger partial charge on any atom is 0.272 e. The molecule has 3 heterocycles. The van der Waals surface area contributed by atoms with Crippen molar-refractivity contribution in [3.8, 4) is 5.69 Å². The zero-order valence-electron chi connectivity index (χ0n) is 15.6. The Hall–Kier alpha value is -3.48. The lowest BCUT2D eigenvalue weighted by Gasteiger charge is -2.08. The van der Waals surface area contributed by atoms with Crippen LogP contribution in [0.1, 0.15) is 39.6 Å². The lowest BCUT2D eigenvalue weighted by atomic mass is 10.2. The summed E-state index contributed by atoms with van der Waals surface area (Å²) in [6.45, 7) is 2.37. The Morgan fingerprint density at radius 2 is 1.96 bits per heavy atom. The molecule has 0 saturated carbocycles. The summed E-state index contributed by atoms with van der Waals surface area (Å²) in [4.78, 5) is 12.9. The molecule has 140 valence electrons. The van der Waals surface area contributed by atoms with Gasteiger partial charge in [0.1, 0.15) is 0 Å². The van der Waals surface area contributed by atoms with Crippen LogP contribution in [0.4, 0.5) is 0 Å². The summed E-state index contributed by atoms with van der Waals surface area (Å²) in [6.07, 6.45) is 4.77. The molecule has 1 aromatic carbocycles. The van der Waals surface area contributed by atoms with Gasteiger partial charge < -0.3 is 5.32 Å². The molecule has 28 heavy (non-hydrogen) atoms. The lowest BCUT2D eigenvalue weighted by molar-refractivity contribution is 0.0943. The van der Waals surface area contributed by atoms with E-state index in [0.29, 0.717) is 18.1 Å². The van der Waals surface area contributed by atoms with E-state index < -0.39 is 0 Å². The molecule has 1 N–H and O–H groups in total. The highest BCUT2D eigenvalue weighted by Crippen LogP contribution is 2.28. The molecule has 1 aliphatic carbocycles. The molecule has 0 saturated heterocycles. The number of fused-ring (bicyclic) bond motifs is 2. The van der Waals surface area contributed by atoms with E-state index >= 15 is 0 Å². The van der Waals surface area contributed by atoms with Gasteiger partial charge in [-0.1, -0.05) is 24.3 Å². The van der Waals surface area contributed by atoms with Crippen LogP contribution in [0.15, 0.2) is 48.7 Å². The van der Waals surface area contributed by atoms with Gasteiger partial charge in [-0.2, -0.15) is 5.10 Å². The summed E-state index contributed by atoms with van der Waals surface area (Å²) >= 11 is 0. The van der Waals surface area contributed by atoms with Crippen molar-refractivity contribution in [3.63, 3.8) is 0 Å². The second-order valence-electron chi connectivity index (χ2n) is 7.05. The average molecular weight is 372 g/mol. The van der Waals surface area contributed by atoms with Gasteiger partial charge in [-0.15, -0.1) is 10.2 Å². The molecule has 3 aromatic heterocycles. The Morgan fingerprint density at radius 3 is 2.86 bits per heavy atom. The van der Waals surface area contributed by atoms with Gasteiger partial charge in [-0.05, 0) is 49.9 Å². The first-order valence-electron chi connectivity index (χ1n) is 9.46. The topological polar surface area (TPSA) is 77.1 Å². The number of carbonyl (C=O) groups is 1. The number of hydrogen-bond acceptors (Lipinski definition) is 4. The lowest BCUT2D eigenvalue weighted by Crippen LogP contribution is -2.25. The monoisotopic (exact) mass is 372 g/mol. The first kappa shape index (κ1) is 16.7. The van der Waals surface area contributed by atoms with Crippen LogP contribution in [-0.2, 0) is 19.4 Å². The summed E-state index contributed by atoms with van der Waals surface area (Å²) in [7, 11) is 0. The molecule has 0 aliphatic heterocycles. The first-order chi connectivity index (χ1) is 13.7. The number of rotatable bonds is 4. The molecule has 7 nitrogen and oxygen atoms in total. The molecule has 0 spiro atoms. The van der Waals surface area contributed by atoms with Gasteiger partial charge in [0.05, 0.1) is 12.2 Å². The third kappa shape index (κ3) is 2.67. The SMILES string of the molecule is Cc1ccccc1-n1nc(C(=O)NCc2nnc3ccccn23)c2c1CCC2. The molecular weight excluding hydrogens is 352 g/mol. The maximum atomic E-state index is 12.9. The highest BCUT2D eigenvalue weighted by atomic mass is 16.2. The second kappa shape index (κ2) is 6.60. The Balaban J connectivity index is 1.44. The van der Waals surface area contributed by atoms with E-state index in [1.807, 2.05) is 51.7 Å². The normalized spacial score (nSPS) is 13.0. The largest absolute Gasteiger partial charge is 0.343 e. The van der Waals surface area contributed by atoms with Gasteiger partial charge in [0.15, 0.2) is 17.2 Å². The van der Waals surface area contributed by atoms with Crippen LogP contribution >= 0.6 is 0 Å². The Kier molecular flexibility index (Phi) is 3.93. The van der Waals surface area contributed by atoms with Crippen LogP contribution in [0.2, 0.25) is 0 Å². The second-order valence-corrected chi connectivity index (χ2v) is 7.05. The predicted molar refractivity (Wildman–Crippen MR) is 104 cm³/mol. The van der Waals surface area contributed by atoms with Crippen LogP contribution < -0.4 is 5.32 Å². The first-order valence-corrected chi connectivity index (χ1v) is 9.46. The highest BCUT2D eigenvalue weighted by molar-refractivity contribution is 5.94. The molecule has 1 aliphatic rings. The van der Waals surface area contributed by atoms with Gasteiger partial charge in [0.25, 0.3) is 5.91 Å². The van der Waals surface area contributed by atoms with E-state index in [1.54, 1.807) is 0 Å². The number of amides is 1. The van der Waals surface area contributed by atoms with Crippen molar-refractivity contribution in [2.75, 3.05) is 0 Å². The third-order valence-electron chi connectivity index (χ3n) is 5.28. The minimum atomic E-state index is -0.168. The summed E-state index contributed by atoms with van der Waals surface area (Å²) < 4.78 is 3.82. The summed E-state index contributed by atoms with van der Waals surface area (Å²) in [5.74, 6) is 0.525. The third-order valence-corrected chi connectivity index (χ3v) is 5.28. The summed E-state index contributed by atoms with van der Waals surface area (Å²) in [5.41, 5.74) is 5.66. The molecule has 5 rings (SSSR count). The molecule has 0 atom stereocenters. The number of nitrogens with one attached hydrogen (secondary N) is 1. The van der Waals surface area contributed by atoms with Crippen LogP contribution in [0.3, 0.4) is 0 Å². The Bertz CT molecular complexity index is 1190. The van der Waals surface area contributed by atoms with E-state index in [4.69, 9.17) is 0 Å². The zero-order valence-corrected chi connectivity index (χ0v) is 15.6. The van der Waals surface area contributed by atoms with Crippen molar-refractivity contribution in [2.45, 2.75) is 32.7 Å². The van der Waals surface area contributed by atoms with E-state index in [2.05, 4.69) is 33.6 Å². The molecule has 0 bridgehead atoms. The number of nitrogens with zero attached hydrogens (tertiary/aromatic N) is 5. The van der Waals surface area contributed by atoms with Crippen molar-refractivity contribution in [2.24, 2.45) is 0 Å². The quantitative estimate of drug-likeness (QED) is 0.597. The average Bonchev–Trinajstić information content (AvgIpc) is 3.42. The van der Waals surface area contributed by atoms with Crippen molar-refractivity contribution in [1.29, 1.82) is 0 Å². The number of aromatic nitrogens is 5. The summed E-state index contributed by atoms with van der Waals surface area (Å²) in [5, 5.41) is 15.9. The predicted octanol–water partition coefficient (Wildman–Crippen LogP) is 2.64. The van der Waals surface area contributed by atoms with Crippen LogP contribution in [0.25, 0.3) is 11.3 Å². The number of pyridine rings is 1. The van der Waals surface area contributed by atoms with Gasteiger partial charge in [-0.3, -0.25) is 9.20 Å². The van der Waals surface area contributed by atoms with Crippen molar-refractivity contribution in [3.05, 3.63) is 77.0 Å². The van der Waals surface area contributed by atoms with Crippen molar-refractivity contribution in [1.82, 2.24) is 29.7 Å². The number of aryl methyl sites for hydroxylation is 1. The fourth-order valence-electron chi connectivity index (χ4n) is 3.87. The number of carbonyl (C=O) groups excluding carboxylic acids is 1. The van der Waals surface area contributed by atoms with Crippen LogP contribution in [0.5, 0.6) is 0 Å². The zero-order chi connectivity index (χ0) is 19.1. The standard InChI is InChI=1S/C21H20N6O/c1-14-7-2-3-9-16(14)27-17-10-6-8-15(17)20(25-27)21(28)22-13-19-24-23-18-11-4-5-12-26(18)19/h2-5,7,9,11-12H,6,8,10,13H2,1H3,(H,22,28). The van der Waals surface area contributed by atoms with Gasteiger partial charge in [0, 0.05) is 17.5 Å². The molecular formula is C21H20N6O. The molecule has 7 heteroatoms. The molecule has 0 fully saturated rings. The minimum Gasteiger partial charge on any atom is -0.343 e. The molecule has 0 radical (unpaired) electrons. The molecule has 0 unspecified atom stereocenters. The highest BCUT2D eigenvalue weighted by Gasteiger charge is 2.27. The fourth-order valence-corrected chi connectivity index (χ4v) is 3.87. The maximum absolute atomic E-state index is 12.9. The van der Waals surface area contributed by atoms with Crippen LogP contribution in [0, 0.1) is 6.92 Å².